The Balaban J connectivity index is 1.57. The Labute approximate surface area is 190 Å². The highest BCUT2D eigenvalue weighted by molar-refractivity contribution is 5.87. The van der Waals surface area contributed by atoms with Crippen LogP contribution in [0.5, 0.6) is 11.5 Å². The second kappa shape index (κ2) is 11.2. The fourth-order valence-corrected chi connectivity index (χ4v) is 4.48. The quantitative estimate of drug-likeness (QED) is 0.160. The molecule has 33 heavy (non-hydrogen) atoms. The predicted molar refractivity (Wildman–Crippen MR) is 115 cm³/mol. The molecule has 182 valence electrons. The van der Waals surface area contributed by atoms with Gasteiger partial charge in [-0.1, -0.05) is 45.4 Å². The molecule has 0 atom stereocenters. The average Bonchev–Trinajstić information content (AvgIpc) is 2.76. The maximum Gasteiger partial charge on any atom is 0.573 e. The van der Waals surface area contributed by atoms with Crippen LogP contribution >= 0.6 is 0 Å². The zero-order valence-electron chi connectivity index (χ0n) is 18.6. The highest BCUT2D eigenvalue weighted by Gasteiger charge is 2.34. The van der Waals surface area contributed by atoms with Crippen LogP contribution in [0.25, 0.3) is 10.8 Å². The Morgan fingerprint density at radius 2 is 1.70 bits per heavy atom. The maximum atomic E-state index is 14.4. The molecule has 0 amide bonds. The van der Waals surface area contributed by atoms with Crippen molar-refractivity contribution in [2.24, 2.45) is 11.8 Å². The topological polar surface area (TPSA) is 35.5 Å². The molecular weight excluding hydrogens is 443 g/mol. The maximum absolute atomic E-state index is 14.4. The van der Waals surface area contributed by atoms with Gasteiger partial charge in [0.2, 0.25) is 5.75 Å². The minimum atomic E-state index is -5.22. The van der Waals surface area contributed by atoms with E-state index in [2.05, 4.69) is 11.7 Å². The van der Waals surface area contributed by atoms with Crippen molar-refractivity contribution in [2.45, 2.75) is 77.5 Å². The lowest BCUT2D eigenvalue weighted by molar-refractivity contribution is -0.276. The zero-order chi connectivity index (χ0) is 24.0. The highest BCUT2D eigenvalue weighted by atomic mass is 19.4. The van der Waals surface area contributed by atoms with Gasteiger partial charge in [0.05, 0.1) is 5.92 Å². The summed E-state index contributed by atoms with van der Waals surface area (Å²) in [4.78, 5) is 12.6. The molecule has 3 nitrogen and oxygen atoms in total. The molecule has 1 aliphatic carbocycles. The smallest absolute Gasteiger partial charge is 0.426 e. The first-order valence-corrected chi connectivity index (χ1v) is 11.6. The Kier molecular flexibility index (Phi) is 8.54. The lowest BCUT2D eigenvalue weighted by Crippen LogP contribution is -2.25. The van der Waals surface area contributed by atoms with Gasteiger partial charge in [-0.15, -0.1) is 13.2 Å². The summed E-state index contributed by atoms with van der Waals surface area (Å²) in [6.07, 6.45) is 5.65. The lowest BCUT2D eigenvalue weighted by Gasteiger charge is -2.27. The van der Waals surface area contributed by atoms with Gasteiger partial charge in [-0.3, -0.25) is 4.79 Å². The van der Waals surface area contributed by atoms with E-state index in [1.807, 2.05) is 0 Å². The van der Waals surface area contributed by atoms with Gasteiger partial charge in [0.15, 0.2) is 11.6 Å². The number of hydrogen-bond acceptors (Lipinski definition) is 3. The van der Waals surface area contributed by atoms with Crippen LogP contribution in [0.3, 0.4) is 0 Å². The van der Waals surface area contributed by atoms with E-state index in [0.29, 0.717) is 5.92 Å². The van der Waals surface area contributed by atoms with Crippen molar-refractivity contribution in [3.05, 3.63) is 35.9 Å². The second-order valence-electron chi connectivity index (χ2n) is 8.77. The predicted octanol–water partition coefficient (Wildman–Crippen LogP) is 8.09. The Bertz CT molecular complexity index is 949. The number of unbranched alkanes of at least 4 members (excludes halogenated alkanes) is 4. The molecule has 2 aromatic carbocycles. The number of carbonyl (C=O) groups is 1. The third-order valence-electron chi connectivity index (χ3n) is 6.29. The number of fused-ring (bicyclic) bond motifs is 1. The Morgan fingerprint density at radius 3 is 2.36 bits per heavy atom. The molecule has 0 saturated heterocycles. The number of halogens is 5. The van der Waals surface area contributed by atoms with E-state index in [9.17, 15) is 26.7 Å². The summed E-state index contributed by atoms with van der Waals surface area (Å²) in [6, 6.07) is 4.38. The summed E-state index contributed by atoms with van der Waals surface area (Å²) < 4.78 is 74.5. The van der Waals surface area contributed by atoms with Gasteiger partial charge in [-0.25, -0.2) is 8.78 Å². The number of hydrogen-bond donors (Lipinski definition) is 0. The Morgan fingerprint density at radius 1 is 1.00 bits per heavy atom. The van der Waals surface area contributed by atoms with Crippen molar-refractivity contribution in [1.29, 1.82) is 0 Å². The first kappa shape index (κ1) is 25.2. The molecule has 8 heteroatoms. The van der Waals surface area contributed by atoms with E-state index in [1.165, 1.54) is 50.7 Å². The first-order valence-electron chi connectivity index (χ1n) is 11.6. The fourth-order valence-electron chi connectivity index (χ4n) is 4.48. The fraction of sp³-hybridized carbons (Fsp3) is 0.560. The van der Waals surface area contributed by atoms with E-state index in [4.69, 9.17) is 4.74 Å². The van der Waals surface area contributed by atoms with Crippen LogP contribution in [0.15, 0.2) is 24.3 Å². The molecule has 2 aromatic rings. The minimum Gasteiger partial charge on any atom is -0.426 e. The van der Waals surface area contributed by atoms with Crippen LogP contribution in [0.1, 0.15) is 71.1 Å². The summed E-state index contributed by atoms with van der Waals surface area (Å²) >= 11 is 0. The summed E-state index contributed by atoms with van der Waals surface area (Å²) in [7, 11) is 0. The van der Waals surface area contributed by atoms with Crippen LogP contribution in [-0.2, 0) is 4.79 Å². The van der Waals surface area contributed by atoms with Crippen molar-refractivity contribution in [3.8, 4) is 11.5 Å². The van der Waals surface area contributed by atoms with Gasteiger partial charge in [-0.05, 0) is 61.3 Å². The monoisotopic (exact) mass is 472 g/mol. The summed E-state index contributed by atoms with van der Waals surface area (Å²) in [5.74, 6) is -4.37. The number of rotatable bonds is 9. The largest absolute Gasteiger partial charge is 0.573 e. The molecule has 0 bridgehead atoms. The first-order chi connectivity index (χ1) is 15.7. The SMILES string of the molecule is CCCCCCCC1CCC(C(=O)Oc2ccc3c(F)c(OC(F)(F)F)c(F)cc3c2)CC1. The summed E-state index contributed by atoms with van der Waals surface area (Å²) in [5.41, 5.74) is 0. The number of alkyl halides is 3. The molecule has 0 heterocycles. The third-order valence-corrected chi connectivity index (χ3v) is 6.29. The van der Waals surface area contributed by atoms with Crippen LogP contribution in [-0.4, -0.2) is 12.3 Å². The Hall–Kier alpha value is -2.38. The number of ether oxygens (including phenoxy) is 2. The van der Waals surface area contributed by atoms with Crippen molar-refractivity contribution >= 4 is 16.7 Å². The second-order valence-corrected chi connectivity index (χ2v) is 8.77. The van der Waals surface area contributed by atoms with Gasteiger partial charge >= 0.3 is 12.3 Å². The molecular formula is C25H29F5O3. The highest BCUT2D eigenvalue weighted by Crippen LogP contribution is 2.36. The van der Waals surface area contributed by atoms with Gasteiger partial charge in [-0.2, -0.15) is 0 Å². The van der Waals surface area contributed by atoms with E-state index in [0.717, 1.165) is 37.8 Å². The summed E-state index contributed by atoms with van der Waals surface area (Å²) in [5, 5.41) is -0.300. The van der Waals surface area contributed by atoms with Crippen LogP contribution < -0.4 is 9.47 Å². The van der Waals surface area contributed by atoms with E-state index in [1.54, 1.807) is 0 Å². The molecule has 0 aromatic heterocycles. The van der Waals surface area contributed by atoms with Crippen molar-refractivity contribution in [3.63, 3.8) is 0 Å². The van der Waals surface area contributed by atoms with Crippen molar-refractivity contribution < 1.29 is 36.2 Å². The molecule has 0 spiro atoms. The molecule has 0 radical (unpaired) electrons. The average molecular weight is 472 g/mol. The van der Waals surface area contributed by atoms with E-state index < -0.39 is 29.7 Å². The standard InChI is InChI=1S/C25H29F5O3/c1-2-3-4-5-6-7-16-8-10-17(11-9-16)24(31)32-19-12-13-20-18(14-19)15-21(26)23(22(20)27)33-25(28,29)30/h12-17H,2-11H2,1H3. The number of benzene rings is 2. The van der Waals surface area contributed by atoms with E-state index in [-0.39, 0.29) is 22.4 Å². The molecule has 1 fully saturated rings. The number of esters is 1. The molecule has 0 aliphatic heterocycles. The minimum absolute atomic E-state index is 0.0309. The molecule has 1 aliphatic rings. The molecule has 1 saturated carbocycles. The van der Waals surface area contributed by atoms with Crippen LogP contribution in [0, 0.1) is 23.5 Å². The zero-order valence-corrected chi connectivity index (χ0v) is 18.6. The number of carbonyl (C=O) groups excluding carboxylic acids is 1. The third kappa shape index (κ3) is 7.05. The van der Waals surface area contributed by atoms with Crippen molar-refractivity contribution in [2.75, 3.05) is 0 Å². The van der Waals surface area contributed by atoms with E-state index >= 15 is 0 Å². The van der Waals surface area contributed by atoms with Crippen molar-refractivity contribution in [1.82, 2.24) is 0 Å². The van der Waals surface area contributed by atoms with Crippen LogP contribution in [0.2, 0.25) is 0 Å². The summed E-state index contributed by atoms with van der Waals surface area (Å²) in [6.45, 7) is 2.19. The van der Waals surface area contributed by atoms with Gasteiger partial charge in [0.1, 0.15) is 5.75 Å². The van der Waals surface area contributed by atoms with Gasteiger partial charge in [0.25, 0.3) is 0 Å². The molecule has 3 rings (SSSR count). The lowest BCUT2D eigenvalue weighted by atomic mass is 9.80. The van der Waals surface area contributed by atoms with Gasteiger partial charge in [0, 0.05) is 5.39 Å². The van der Waals surface area contributed by atoms with Crippen LogP contribution in [0.4, 0.5) is 22.0 Å². The molecule has 0 N–H and O–H groups in total. The van der Waals surface area contributed by atoms with Gasteiger partial charge < -0.3 is 9.47 Å². The molecule has 0 unspecified atom stereocenters. The normalized spacial score (nSPS) is 19.0.